The van der Waals surface area contributed by atoms with Crippen molar-refractivity contribution in [2.45, 2.75) is 39.7 Å². The molecule has 0 fully saturated rings. The lowest BCUT2D eigenvalue weighted by Crippen LogP contribution is -2.31. The van der Waals surface area contributed by atoms with Gasteiger partial charge >= 0.3 is 5.97 Å². The third-order valence-electron chi connectivity index (χ3n) is 4.90. The second kappa shape index (κ2) is 10.7. The van der Waals surface area contributed by atoms with Gasteiger partial charge in [-0.15, -0.1) is 0 Å². The topological polar surface area (TPSA) is 120 Å². The lowest BCUT2D eigenvalue weighted by atomic mass is 10.1. The number of anilines is 1. The number of benzene rings is 1. The fraction of sp³-hybridized carbons (Fsp3) is 0.391. The molecule has 0 spiro atoms. The fourth-order valence-corrected chi connectivity index (χ4v) is 3.37. The first kappa shape index (κ1) is 23.2. The highest BCUT2D eigenvalue weighted by atomic mass is 16.5. The average Bonchev–Trinajstić information content (AvgIpc) is 3.16. The van der Waals surface area contributed by atoms with Crippen molar-refractivity contribution < 1.29 is 19.4 Å². The van der Waals surface area contributed by atoms with Gasteiger partial charge in [0.15, 0.2) is 0 Å². The zero-order chi connectivity index (χ0) is 23.1. The smallest absolute Gasteiger partial charge is 0.317 e. The highest BCUT2D eigenvalue weighted by molar-refractivity contribution is 5.98. The van der Waals surface area contributed by atoms with E-state index in [2.05, 4.69) is 20.5 Å². The molecule has 0 saturated heterocycles. The number of aromatic nitrogens is 3. The summed E-state index contributed by atoms with van der Waals surface area (Å²) in [7, 11) is 0. The fourth-order valence-electron chi connectivity index (χ4n) is 3.37. The Labute approximate surface area is 186 Å². The van der Waals surface area contributed by atoms with Crippen LogP contribution in [-0.4, -0.2) is 62.8 Å². The summed E-state index contributed by atoms with van der Waals surface area (Å²) in [5.41, 5.74) is 3.12. The van der Waals surface area contributed by atoms with E-state index < -0.39 is 5.97 Å². The maximum atomic E-state index is 12.4. The molecule has 32 heavy (non-hydrogen) atoms. The van der Waals surface area contributed by atoms with Gasteiger partial charge in [0.25, 0.3) is 0 Å². The third kappa shape index (κ3) is 6.27. The van der Waals surface area contributed by atoms with Crippen molar-refractivity contribution in [1.82, 2.24) is 20.1 Å². The van der Waals surface area contributed by atoms with Gasteiger partial charge < -0.3 is 15.2 Å². The molecule has 0 aliphatic heterocycles. The zero-order valence-electron chi connectivity index (χ0n) is 18.6. The normalized spacial score (nSPS) is 11.3. The Morgan fingerprint density at radius 3 is 2.72 bits per heavy atom. The number of carboxylic acid groups (broad SMARTS) is 1. The molecule has 0 bridgehead atoms. The largest absolute Gasteiger partial charge is 0.480 e. The van der Waals surface area contributed by atoms with E-state index >= 15 is 0 Å². The van der Waals surface area contributed by atoms with E-state index in [1.165, 1.54) is 0 Å². The summed E-state index contributed by atoms with van der Waals surface area (Å²) >= 11 is 0. The number of carboxylic acids is 1. The Balaban J connectivity index is 1.65. The second-order valence-corrected chi connectivity index (χ2v) is 7.80. The number of aliphatic carboxylic acids is 1. The molecule has 1 amide bonds. The molecule has 0 atom stereocenters. The molecule has 0 aliphatic carbocycles. The van der Waals surface area contributed by atoms with Gasteiger partial charge in [0.1, 0.15) is 5.69 Å². The maximum absolute atomic E-state index is 12.4. The Morgan fingerprint density at radius 1 is 1.25 bits per heavy atom. The number of amides is 1. The number of nitrogens with one attached hydrogen (secondary N) is 2. The first-order valence-electron chi connectivity index (χ1n) is 10.7. The SMILES string of the molecule is CCN(CCCC(=O)Nc1ccc2[nH]nc(-c3ccc(OC(C)C)nc3)c2c1)CC(=O)O. The van der Waals surface area contributed by atoms with E-state index in [1.807, 2.05) is 51.1 Å². The summed E-state index contributed by atoms with van der Waals surface area (Å²) < 4.78 is 5.59. The van der Waals surface area contributed by atoms with Gasteiger partial charge in [-0.25, -0.2) is 4.98 Å². The minimum atomic E-state index is -0.863. The van der Waals surface area contributed by atoms with Crippen molar-refractivity contribution in [3.63, 3.8) is 0 Å². The van der Waals surface area contributed by atoms with Gasteiger partial charge in [0.2, 0.25) is 11.8 Å². The monoisotopic (exact) mass is 439 g/mol. The van der Waals surface area contributed by atoms with E-state index in [0.29, 0.717) is 37.5 Å². The van der Waals surface area contributed by atoms with Gasteiger partial charge in [-0.2, -0.15) is 5.10 Å². The number of aromatic amines is 1. The molecule has 3 N–H and O–H groups in total. The van der Waals surface area contributed by atoms with Gasteiger partial charge in [-0.1, -0.05) is 6.92 Å². The first-order valence-corrected chi connectivity index (χ1v) is 10.7. The third-order valence-corrected chi connectivity index (χ3v) is 4.90. The standard InChI is InChI=1S/C23H29N5O4/c1-4-28(14-22(30)31)11-5-6-20(29)25-17-8-9-19-18(12-17)23(27-26-19)16-7-10-21(24-13-16)32-15(2)3/h7-10,12-13,15H,4-6,11,14H2,1-3H3,(H,25,29)(H,26,27)(H,30,31). The van der Waals surface area contributed by atoms with Crippen molar-refractivity contribution >= 4 is 28.5 Å². The number of hydrogen-bond donors (Lipinski definition) is 3. The van der Waals surface area contributed by atoms with Crippen molar-refractivity contribution in [3.8, 4) is 17.1 Å². The molecule has 0 radical (unpaired) electrons. The van der Waals surface area contributed by atoms with Gasteiger partial charge in [0.05, 0.1) is 18.2 Å². The number of fused-ring (bicyclic) bond motifs is 1. The number of nitrogens with zero attached hydrogens (tertiary/aromatic N) is 3. The van der Waals surface area contributed by atoms with Crippen LogP contribution < -0.4 is 10.1 Å². The van der Waals surface area contributed by atoms with Crippen LogP contribution in [0.15, 0.2) is 36.5 Å². The summed E-state index contributed by atoms with van der Waals surface area (Å²) in [6, 6.07) is 9.29. The summed E-state index contributed by atoms with van der Waals surface area (Å²) in [6.07, 6.45) is 2.67. The minimum Gasteiger partial charge on any atom is -0.480 e. The Morgan fingerprint density at radius 2 is 2.06 bits per heavy atom. The number of rotatable bonds is 11. The molecule has 0 saturated carbocycles. The second-order valence-electron chi connectivity index (χ2n) is 7.80. The van der Waals surface area contributed by atoms with Crippen LogP contribution in [0.3, 0.4) is 0 Å². The molecular formula is C23H29N5O4. The number of likely N-dealkylation sites (N-methyl/N-ethyl adjacent to an activating group) is 1. The highest BCUT2D eigenvalue weighted by Gasteiger charge is 2.12. The number of ether oxygens (including phenoxy) is 1. The molecule has 9 nitrogen and oxygen atoms in total. The van der Waals surface area contributed by atoms with Crippen molar-refractivity contribution in [2.24, 2.45) is 0 Å². The highest BCUT2D eigenvalue weighted by Crippen LogP contribution is 2.29. The molecule has 2 aromatic heterocycles. The Hall–Kier alpha value is -3.46. The zero-order valence-corrected chi connectivity index (χ0v) is 18.6. The molecule has 3 rings (SSSR count). The van der Waals surface area contributed by atoms with Crippen molar-refractivity contribution in [1.29, 1.82) is 0 Å². The van der Waals surface area contributed by atoms with E-state index in [-0.39, 0.29) is 18.6 Å². The summed E-state index contributed by atoms with van der Waals surface area (Å²) in [5, 5.41) is 20.1. The van der Waals surface area contributed by atoms with Crippen molar-refractivity contribution in [3.05, 3.63) is 36.5 Å². The van der Waals surface area contributed by atoms with Crippen LogP contribution in [-0.2, 0) is 9.59 Å². The van der Waals surface area contributed by atoms with Crippen molar-refractivity contribution in [2.75, 3.05) is 25.0 Å². The predicted molar refractivity (Wildman–Crippen MR) is 123 cm³/mol. The van der Waals surface area contributed by atoms with Crippen LogP contribution in [0.5, 0.6) is 5.88 Å². The quantitative estimate of drug-likeness (QED) is 0.418. The molecule has 9 heteroatoms. The van der Waals surface area contributed by atoms with Crippen LogP contribution in [0.2, 0.25) is 0 Å². The molecular weight excluding hydrogens is 410 g/mol. The van der Waals surface area contributed by atoms with Gasteiger partial charge in [-0.3, -0.25) is 19.6 Å². The lowest BCUT2D eigenvalue weighted by Gasteiger charge is -2.17. The van der Waals surface area contributed by atoms with Crippen LogP contribution in [0, 0.1) is 0 Å². The van der Waals surface area contributed by atoms with Gasteiger partial charge in [0, 0.05) is 35.3 Å². The Bertz CT molecular complexity index is 1060. The van der Waals surface area contributed by atoms with Crippen LogP contribution in [0.4, 0.5) is 5.69 Å². The lowest BCUT2D eigenvalue weighted by molar-refractivity contribution is -0.138. The first-order chi connectivity index (χ1) is 15.4. The number of hydrogen-bond acceptors (Lipinski definition) is 6. The number of pyridine rings is 1. The Kier molecular flexibility index (Phi) is 7.77. The number of carbonyl (C=O) groups is 2. The van der Waals surface area contributed by atoms with E-state index in [1.54, 1.807) is 11.1 Å². The average molecular weight is 440 g/mol. The molecule has 0 aliphatic rings. The maximum Gasteiger partial charge on any atom is 0.317 e. The van der Waals surface area contributed by atoms with Crippen LogP contribution in [0.25, 0.3) is 22.2 Å². The molecule has 170 valence electrons. The van der Waals surface area contributed by atoms with E-state index in [0.717, 1.165) is 22.2 Å². The summed E-state index contributed by atoms with van der Waals surface area (Å²) in [4.78, 5) is 29.3. The van der Waals surface area contributed by atoms with Crippen LogP contribution >= 0.6 is 0 Å². The molecule has 3 aromatic rings. The number of H-pyrrole nitrogens is 1. The predicted octanol–water partition coefficient (Wildman–Crippen LogP) is 3.54. The van der Waals surface area contributed by atoms with E-state index in [9.17, 15) is 9.59 Å². The minimum absolute atomic E-state index is 0.0164. The molecule has 0 unspecified atom stereocenters. The summed E-state index contributed by atoms with van der Waals surface area (Å²) in [5.74, 6) is -0.419. The molecule has 1 aromatic carbocycles. The van der Waals surface area contributed by atoms with E-state index in [4.69, 9.17) is 9.84 Å². The summed E-state index contributed by atoms with van der Waals surface area (Å²) in [6.45, 7) is 6.97. The molecule has 2 heterocycles. The van der Waals surface area contributed by atoms with Crippen LogP contribution in [0.1, 0.15) is 33.6 Å². The van der Waals surface area contributed by atoms with Gasteiger partial charge in [-0.05, 0) is 57.6 Å². The number of carbonyl (C=O) groups excluding carboxylic acids is 1.